The van der Waals surface area contributed by atoms with Gasteiger partial charge in [-0.25, -0.2) is 13.6 Å². The monoisotopic (exact) mass is 723 g/mol. The van der Waals surface area contributed by atoms with Gasteiger partial charge in [0.05, 0.1) is 12.6 Å². The molecule has 0 aliphatic heterocycles. The lowest BCUT2D eigenvalue weighted by Gasteiger charge is -2.29. The van der Waals surface area contributed by atoms with Gasteiger partial charge in [-0.2, -0.15) is 0 Å². The number of benzene rings is 3. The van der Waals surface area contributed by atoms with Crippen molar-refractivity contribution in [2.45, 2.75) is 51.8 Å². The molecule has 0 heterocycles. The topological polar surface area (TPSA) is 103 Å². The van der Waals surface area contributed by atoms with Crippen LogP contribution in [0.5, 0.6) is 0 Å². The molecule has 0 bridgehead atoms. The molecule has 12 heteroatoms. The molecule has 0 spiro atoms. The van der Waals surface area contributed by atoms with Gasteiger partial charge in [0.2, 0.25) is 0 Å². The first-order chi connectivity index (χ1) is 25.0. The summed E-state index contributed by atoms with van der Waals surface area (Å²) in [6.45, 7) is 8.06. The molecule has 3 aromatic rings. The molecule has 0 radical (unpaired) electrons. The summed E-state index contributed by atoms with van der Waals surface area (Å²) < 4.78 is 40.3. The molecule has 0 aliphatic rings. The largest absolute Gasteiger partial charge is 0.457 e. The maximum Gasteiger partial charge on any atom is 0.332 e. The number of ether oxygens (including phenoxy) is 2. The van der Waals surface area contributed by atoms with Gasteiger partial charge in [-0.1, -0.05) is 50.2 Å². The molecule has 52 heavy (non-hydrogen) atoms. The Morgan fingerprint density at radius 1 is 0.769 bits per heavy atom. The van der Waals surface area contributed by atoms with E-state index in [2.05, 4.69) is 20.4 Å². The lowest BCUT2D eigenvalue weighted by molar-refractivity contribution is -0.155. The van der Waals surface area contributed by atoms with Crippen molar-refractivity contribution in [2.24, 2.45) is 0 Å². The highest BCUT2D eigenvalue weighted by molar-refractivity contribution is 5.99. The Morgan fingerprint density at radius 3 is 2.10 bits per heavy atom. The standard InChI is InChI=1S/C40H55F2N5O5/c1-6-16-47(17-7-2)40(50)33-15-11-14-32(25-33)39(49)44-36(24-31-22-34(41)26-35(42)23-31)37(28-43-27-30-12-9-8-10-13-30)52-38(48)29-51-21-20-46(5)19-18-45(3)4/h8-15,22-23,25-26,36-37,43H,6-7,16-21,24,27-29H2,1-5H3,(H,44,49). The van der Waals surface area contributed by atoms with Crippen LogP contribution in [0.15, 0.2) is 72.8 Å². The van der Waals surface area contributed by atoms with Crippen LogP contribution in [0.1, 0.15) is 58.5 Å². The lowest BCUT2D eigenvalue weighted by atomic mass is 9.99. The number of hydrogen-bond donors (Lipinski definition) is 2. The minimum atomic E-state index is -0.965. The quantitative estimate of drug-likeness (QED) is 0.107. The first-order valence-corrected chi connectivity index (χ1v) is 18.0. The van der Waals surface area contributed by atoms with E-state index in [1.54, 1.807) is 23.1 Å². The average molecular weight is 724 g/mol. The summed E-state index contributed by atoms with van der Waals surface area (Å²) in [6.07, 6.45) is 0.576. The van der Waals surface area contributed by atoms with Crippen LogP contribution in [0.2, 0.25) is 0 Å². The minimum Gasteiger partial charge on any atom is -0.457 e. The van der Waals surface area contributed by atoms with Gasteiger partial charge < -0.3 is 34.8 Å². The van der Waals surface area contributed by atoms with E-state index in [1.807, 2.05) is 65.3 Å². The van der Waals surface area contributed by atoms with Crippen molar-refractivity contribution in [3.05, 3.63) is 107 Å². The average Bonchev–Trinajstić information content (AvgIpc) is 3.11. The van der Waals surface area contributed by atoms with Crippen LogP contribution in [0, 0.1) is 11.6 Å². The molecule has 284 valence electrons. The van der Waals surface area contributed by atoms with Crippen molar-refractivity contribution < 1.29 is 32.6 Å². The fourth-order valence-electron chi connectivity index (χ4n) is 5.62. The van der Waals surface area contributed by atoms with Gasteiger partial charge in [0.1, 0.15) is 24.3 Å². The smallest absolute Gasteiger partial charge is 0.332 e. The summed E-state index contributed by atoms with van der Waals surface area (Å²) in [5, 5.41) is 6.25. The summed E-state index contributed by atoms with van der Waals surface area (Å²) in [4.78, 5) is 46.3. The molecule has 0 aliphatic carbocycles. The highest BCUT2D eigenvalue weighted by atomic mass is 19.1. The Morgan fingerprint density at radius 2 is 1.44 bits per heavy atom. The van der Waals surface area contributed by atoms with Crippen LogP contribution in [-0.2, 0) is 27.2 Å². The van der Waals surface area contributed by atoms with Crippen LogP contribution in [0.25, 0.3) is 0 Å². The van der Waals surface area contributed by atoms with E-state index in [9.17, 15) is 23.2 Å². The molecule has 2 unspecified atom stereocenters. The zero-order chi connectivity index (χ0) is 37.9. The maximum atomic E-state index is 14.3. The molecule has 0 fully saturated rings. The Hall–Kier alpha value is -4.23. The highest BCUT2D eigenvalue weighted by Gasteiger charge is 2.29. The Balaban J connectivity index is 1.85. The first kappa shape index (κ1) is 42.2. The van der Waals surface area contributed by atoms with E-state index >= 15 is 0 Å². The Kier molecular flexibility index (Phi) is 18.4. The second-order valence-electron chi connectivity index (χ2n) is 13.2. The van der Waals surface area contributed by atoms with Crippen LogP contribution in [0.4, 0.5) is 8.78 Å². The molecule has 2 amide bonds. The molecule has 3 rings (SSSR count). The third kappa shape index (κ3) is 15.2. The number of amides is 2. The first-order valence-electron chi connectivity index (χ1n) is 18.0. The summed E-state index contributed by atoms with van der Waals surface area (Å²) in [5.41, 5.74) is 1.85. The van der Waals surface area contributed by atoms with Gasteiger partial charge >= 0.3 is 5.97 Å². The number of nitrogens with zero attached hydrogens (tertiary/aromatic N) is 3. The summed E-state index contributed by atoms with van der Waals surface area (Å²) in [7, 11) is 5.97. The predicted octanol–water partition coefficient (Wildman–Crippen LogP) is 4.78. The number of rotatable bonds is 23. The van der Waals surface area contributed by atoms with Crippen LogP contribution in [-0.4, -0.2) is 118 Å². The van der Waals surface area contributed by atoms with Crippen molar-refractivity contribution in [2.75, 3.05) is 73.6 Å². The number of halogens is 2. The number of esters is 1. The van der Waals surface area contributed by atoms with Crippen LogP contribution in [0.3, 0.4) is 0 Å². The van der Waals surface area contributed by atoms with Crippen LogP contribution < -0.4 is 10.6 Å². The van der Waals surface area contributed by atoms with Crippen molar-refractivity contribution >= 4 is 17.8 Å². The number of likely N-dealkylation sites (N-methyl/N-ethyl adjacent to an activating group) is 2. The van der Waals surface area contributed by atoms with Crippen molar-refractivity contribution in [3.63, 3.8) is 0 Å². The summed E-state index contributed by atoms with van der Waals surface area (Å²) in [6, 6.07) is 18.3. The molecule has 0 saturated heterocycles. The number of carbonyl (C=O) groups excluding carboxylic acids is 3. The molecule has 0 aromatic heterocycles. The molecule has 2 N–H and O–H groups in total. The SMILES string of the molecule is CCCN(CCC)C(=O)c1cccc(C(=O)NC(Cc2cc(F)cc(F)c2)C(CNCc2ccccc2)OC(=O)COCCN(C)CCN(C)C)c1. The fourth-order valence-corrected chi connectivity index (χ4v) is 5.62. The third-order valence-electron chi connectivity index (χ3n) is 8.36. The van der Waals surface area contributed by atoms with Crippen molar-refractivity contribution in [1.82, 2.24) is 25.3 Å². The van der Waals surface area contributed by atoms with Gasteiger partial charge in [0, 0.05) is 63.0 Å². The minimum absolute atomic E-state index is 0.0533. The van der Waals surface area contributed by atoms with Gasteiger partial charge in [-0.05, 0) is 81.9 Å². The van der Waals surface area contributed by atoms with E-state index in [4.69, 9.17) is 9.47 Å². The van der Waals surface area contributed by atoms with E-state index in [-0.39, 0.29) is 36.6 Å². The van der Waals surface area contributed by atoms with Gasteiger partial charge in [0.15, 0.2) is 0 Å². The second kappa shape index (κ2) is 22.7. The molecule has 3 aromatic carbocycles. The van der Waals surface area contributed by atoms with Crippen LogP contribution >= 0.6 is 0 Å². The number of nitrogens with one attached hydrogen (secondary N) is 2. The van der Waals surface area contributed by atoms with E-state index in [0.29, 0.717) is 38.3 Å². The molecule has 2 atom stereocenters. The second-order valence-corrected chi connectivity index (χ2v) is 13.2. The maximum absolute atomic E-state index is 14.3. The fraction of sp³-hybridized carbons (Fsp3) is 0.475. The number of hydrogen-bond acceptors (Lipinski definition) is 8. The van der Waals surface area contributed by atoms with Gasteiger partial charge in [-0.3, -0.25) is 9.59 Å². The third-order valence-corrected chi connectivity index (χ3v) is 8.36. The van der Waals surface area contributed by atoms with Gasteiger partial charge in [0.25, 0.3) is 11.8 Å². The molecule has 10 nitrogen and oxygen atoms in total. The van der Waals surface area contributed by atoms with E-state index in [0.717, 1.165) is 37.6 Å². The number of carbonyl (C=O) groups is 3. The Bertz CT molecular complexity index is 1520. The normalized spacial score (nSPS) is 12.5. The van der Waals surface area contributed by atoms with Crippen molar-refractivity contribution in [3.8, 4) is 0 Å². The lowest BCUT2D eigenvalue weighted by Crippen LogP contribution is -2.51. The van der Waals surface area contributed by atoms with Gasteiger partial charge in [-0.15, -0.1) is 0 Å². The zero-order valence-electron chi connectivity index (χ0n) is 31.2. The molecule has 0 saturated carbocycles. The highest BCUT2D eigenvalue weighted by Crippen LogP contribution is 2.16. The molecular formula is C40H55F2N5O5. The summed E-state index contributed by atoms with van der Waals surface area (Å²) in [5.74, 6) is -2.89. The Labute approximate surface area is 307 Å². The van der Waals surface area contributed by atoms with E-state index in [1.165, 1.54) is 18.2 Å². The van der Waals surface area contributed by atoms with E-state index < -0.39 is 35.7 Å². The summed E-state index contributed by atoms with van der Waals surface area (Å²) >= 11 is 0. The van der Waals surface area contributed by atoms with Crippen molar-refractivity contribution in [1.29, 1.82) is 0 Å². The molecular weight excluding hydrogens is 668 g/mol. The zero-order valence-corrected chi connectivity index (χ0v) is 31.2. The predicted molar refractivity (Wildman–Crippen MR) is 199 cm³/mol.